The van der Waals surface area contributed by atoms with E-state index in [2.05, 4.69) is 13.2 Å². The number of carbonyl (C=O) groups excluding carboxylic acids is 1. The van der Waals surface area contributed by atoms with Gasteiger partial charge in [-0.15, -0.1) is 0 Å². The van der Waals surface area contributed by atoms with E-state index in [-0.39, 0.29) is 6.79 Å². The zero-order valence-electron chi connectivity index (χ0n) is 9.72. The zero-order valence-corrected chi connectivity index (χ0v) is 9.72. The predicted molar refractivity (Wildman–Crippen MR) is 66.1 cm³/mol. The second-order valence-corrected chi connectivity index (χ2v) is 3.47. The van der Waals surface area contributed by atoms with Gasteiger partial charge in [0.25, 0.3) is 0 Å². The Bertz CT molecular complexity index is 382. The smallest absolute Gasteiger partial charge is 0.336 e. The second-order valence-electron chi connectivity index (χ2n) is 3.47. The summed E-state index contributed by atoms with van der Waals surface area (Å²) in [6.45, 7) is 6.92. The van der Waals surface area contributed by atoms with Gasteiger partial charge in [-0.05, 0) is 18.4 Å². The van der Waals surface area contributed by atoms with E-state index in [1.165, 1.54) is 11.8 Å². The average molecular weight is 232 g/mol. The largest absolute Gasteiger partial charge is 0.466 e. The molecule has 0 unspecified atom stereocenters. The number of benzene rings is 1. The molecule has 0 heterocycles. The lowest BCUT2D eigenvalue weighted by Crippen LogP contribution is -2.09. The van der Waals surface area contributed by atoms with E-state index in [4.69, 9.17) is 9.47 Å². The summed E-state index contributed by atoms with van der Waals surface area (Å²) in [5, 5.41) is 0. The molecule has 1 aromatic rings. The van der Waals surface area contributed by atoms with Crippen molar-refractivity contribution in [2.24, 2.45) is 0 Å². The number of hydrogen-bond donors (Lipinski definition) is 0. The van der Waals surface area contributed by atoms with Crippen LogP contribution in [0.1, 0.15) is 12.0 Å². The van der Waals surface area contributed by atoms with Crippen molar-refractivity contribution in [2.45, 2.75) is 12.8 Å². The SMILES string of the molecule is C=COCOC(=O)C(=C)CCc1ccccc1. The lowest BCUT2D eigenvalue weighted by atomic mass is 10.1. The summed E-state index contributed by atoms with van der Waals surface area (Å²) in [5.41, 5.74) is 1.62. The highest BCUT2D eigenvalue weighted by atomic mass is 16.7. The summed E-state index contributed by atoms with van der Waals surface area (Å²) in [4.78, 5) is 11.4. The fourth-order valence-corrected chi connectivity index (χ4v) is 1.28. The fraction of sp³-hybridized carbons (Fsp3) is 0.214. The Morgan fingerprint density at radius 1 is 1.29 bits per heavy atom. The van der Waals surface area contributed by atoms with Gasteiger partial charge in [-0.3, -0.25) is 0 Å². The Kier molecular flexibility index (Phi) is 5.58. The van der Waals surface area contributed by atoms with E-state index in [0.29, 0.717) is 12.0 Å². The number of aryl methyl sites for hydroxylation is 1. The van der Waals surface area contributed by atoms with Crippen LogP contribution in [0.25, 0.3) is 0 Å². The van der Waals surface area contributed by atoms with Crippen LogP contribution in [0.3, 0.4) is 0 Å². The molecule has 0 N–H and O–H groups in total. The van der Waals surface area contributed by atoms with Gasteiger partial charge < -0.3 is 9.47 Å². The van der Waals surface area contributed by atoms with Crippen LogP contribution in [-0.4, -0.2) is 12.8 Å². The highest BCUT2D eigenvalue weighted by Gasteiger charge is 2.08. The second kappa shape index (κ2) is 7.28. The third-order valence-corrected chi connectivity index (χ3v) is 2.22. The summed E-state index contributed by atoms with van der Waals surface area (Å²) in [6, 6.07) is 9.92. The van der Waals surface area contributed by atoms with Crippen LogP contribution in [0.2, 0.25) is 0 Å². The van der Waals surface area contributed by atoms with E-state index in [9.17, 15) is 4.79 Å². The molecule has 0 amide bonds. The lowest BCUT2D eigenvalue weighted by molar-refractivity contribution is -0.147. The maximum atomic E-state index is 11.4. The van der Waals surface area contributed by atoms with Crippen molar-refractivity contribution in [1.82, 2.24) is 0 Å². The monoisotopic (exact) mass is 232 g/mol. The molecule has 0 aliphatic carbocycles. The molecule has 1 rings (SSSR count). The van der Waals surface area contributed by atoms with Crippen LogP contribution in [0, 0.1) is 0 Å². The Labute approximate surface area is 101 Å². The average Bonchev–Trinajstić information content (AvgIpc) is 2.37. The minimum atomic E-state index is -0.428. The first-order chi connectivity index (χ1) is 8.24. The van der Waals surface area contributed by atoms with Crippen LogP contribution in [0.4, 0.5) is 0 Å². The zero-order chi connectivity index (χ0) is 12.5. The van der Waals surface area contributed by atoms with Crippen molar-refractivity contribution in [3.63, 3.8) is 0 Å². The van der Waals surface area contributed by atoms with E-state index in [1.54, 1.807) is 0 Å². The van der Waals surface area contributed by atoms with Crippen LogP contribution in [0.15, 0.2) is 55.3 Å². The number of carbonyl (C=O) groups is 1. The predicted octanol–water partition coefficient (Wildman–Crippen LogP) is 2.84. The molecule has 3 heteroatoms. The number of rotatable bonds is 7. The molecule has 0 saturated carbocycles. The molecule has 0 spiro atoms. The number of ether oxygens (including phenoxy) is 2. The van der Waals surface area contributed by atoms with E-state index >= 15 is 0 Å². The molecule has 0 saturated heterocycles. The summed E-state index contributed by atoms with van der Waals surface area (Å²) in [5.74, 6) is -0.428. The molecule has 3 nitrogen and oxygen atoms in total. The molecule has 1 aromatic carbocycles. The van der Waals surface area contributed by atoms with Crippen molar-refractivity contribution in [2.75, 3.05) is 6.79 Å². The molecule has 0 aromatic heterocycles. The van der Waals surface area contributed by atoms with Crippen molar-refractivity contribution >= 4 is 5.97 Å². The summed E-state index contributed by atoms with van der Waals surface area (Å²) in [7, 11) is 0. The van der Waals surface area contributed by atoms with E-state index in [1.807, 2.05) is 30.3 Å². The van der Waals surface area contributed by atoms with Crippen LogP contribution in [-0.2, 0) is 20.7 Å². The summed E-state index contributed by atoms with van der Waals surface area (Å²) >= 11 is 0. The van der Waals surface area contributed by atoms with Gasteiger partial charge in [0.15, 0.2) is 0 Å². The van der Waals surface area contributed by atoms with Crippen LogP contribution >= 0.6 is 0 Å². The third-order valence-electron chi connectivity index (χ3n) is 2.22. The van der Waals surface area contributed by atoms with Crippen LogP contribution < -0.4 is 0 Å². The van der Waals surface area contributed by atoms with Crippen LogP contribution in [0.5, 0.6) is 0 Å². The van der Waals surface area contributed by atoms with Gasteiger partial charge in [-0.25, -0.2) is 4.79 Å². The van der Waals surface area contributed by atoms with E-state index < -0.39 is 5.97 Å². The molecular weight excluding hydrogens is 216 g/mol. The molecule has 0 aliphatic rings. The first-order valence-corrected chi connectivity index (χ1v) is 5.35. The molecule has 17 heavy (non-hydrogen) atoms. The fourth-order valence-electron chi connectivity index (χ4n) is 1.28. The third kappa shape index (κ3) is 5.02. The Morgan fingerprint density at radius 2 is 2.00 bits per heavy atom. The highest BCUT2D eigenvalue weighted by molar-refractivity contribution is 5.87. The standard InChI is InChI=1S/C14H16O3/c1-3-16-11-17-14(15)12(2)9-10-13-7-5-4-6-8-13/h3-8H,1-2,9-11H2. The van der Waals surface area contributed by atoms with E-state index in [0.717, 1.165) is 6.42 Å². The maximum Gasteiger partial charge on any atom is 0.336 e. The van der Waals surface area contributed by atoms with Gasteiger partial charge in [-0.2, -0.15) is 0 Å². The highest BCUT2D eigenvalue weighted by Crippen LogP contribution is 2.08. The molecule has 0 atom stereocenters. The molecule has 0 aliphatic heterocycles. The summed E-state index contributed by atoms with van der Waals surface area (Å²) < 4.78 is 9.50. The molecule has 90 valence electrons. The quantitative estimate of drug-likeness (QED) is 0.238. The van der Waals surface area contributed by atoms with Gasteiger partial charge in [0, 0.05) is 5.57 Å². The number of esters is 1. The van der Waals surface area contributed by atoms with Gasteiger partial charge >= 0.3 is 5.97 Å². The normalized spacial score (nSPS) is 9.41. The van der Waals surface area contributed by atoms with Crippen molar-refractivity contribution in [3.05, 3.63) is 60.9 Å². The first-order valence-electron chi connectivity index (χ1n) is 5.35. The summed E-state index contributed by atoms with van der Waals surface area (Å²) in [6.07, 6.45) is 2.58. The van der Waals surface area contributed by atoms with Crippen molar-refractivity contribution in [3.8, 4) is 0 Å². The first kappa shape index (κ1) is 13.0. The molecule has 0 fully saturated rings. The minimum Gasteiger partial charge on any atom is -0.466 e. The Hall–Kier alpha value is -2.03. The Morgan fingerprint density at radius 3 is 2.65 bits per heavy atom. The van der Waals surface area contributed by atoms with Gasteiger partial charge in [0.2, 0.25) is 6.79 Å². The van der Waals surface area contributed by atoms with Crippen molar-refractivity contribution < 1.29 is 14.3 Å². The molecule has 0 radical (unpaired) electrons. The van der Waals surface area contributed by atoms with Crippen molar-refractivity contribution in [1.29, 1.82) is 0 Å². The van der Waals surface area contributed by atoms with Gasteiger partial charge in [-0.1, -0.05) is 43.5 Å². The lowest BCUT2D eigenvalue weighted by Gasteiger charge is -2.06. The number of hydrogen-bond acceptors (Lipinski definition) is 3. The van der Waals surface area contributed by atoms with Gasteiger partial charge in [0.05, 0.1) is 6.26 Å². The van der Waals surface area contributed by atoms with Gasteiger partial charge in [0.1, 0.15) is 0 Å². The Balaban J connectivity index is 2.29. The maximum absolute atomic E-state index is 11.4. The molecule has 0 bridgehead atoms. The minimum absolute atomic E-state index is 0.118. The topological polar surface area (TPSA) is 35.5 Å². The molecular formula is C14H16O3.